The van der Waals surface area contributed by atoms with Crippen LogP contribution in [0.5, 0.6) is 0 Å². The Bertz CT molecular complexity index is 839. The molecule has 0 radical (unpaired) electrons. The molecule has 1 N–H and O–H groups in total. The lowest BCUT2D eigenvalue weighted by atomic mass is 10.0. The second-order valence-corrected chi connectivity index (χ2v) is 8.06. The highest BCUT2D eigenvalue weighted by Gasteiger charge is 2.27. The van der Waals surface area contributed by atoms with Crippen LogP contribution in [0.1, 0.15) is 24.5 Å². The molecule has 0 fully saturated rings. The van der Waals surface area contributed by atoms with Crippen molar-refractivity contribution >= 4 is 35.0 Å². The summed E-state index contributed by atoms with van der Waals surface area (Å²) >= 11 is 1.31. The van der Waals surface area contributed by atoms with E-state index in [-0.39, 0.29) is 28.6 Å². The van der Waals surface area contributed by atoms with Crippen molar-refractivity contribution in [2.75, 3.05) is 22.5 Å². The number of carbonyl (C=O) groups excluding carboxylic acids is 2. The number of rotatable bonds is 5. The summed E-state index contributed by atoms with van der Waals surface area (Å²) in [5.74, 6) is -0.260. The van der Waals surface area contributed by atoms with Gasteiger partial charge >= 0.3 is 0 Å². The Labute approximate surface area is 163 Å². The maximum Gasteiger partial charge on any atom is 0.239 e. The first-order valence-corrected chi connectivity index (χ1v) is 10.1. The van der Waals surface area contributed by atoms with Gasteiger partial charge in [0.25, 0.3) is 0 Å². The number of anilines is 2. The predicted molar refractivity (Wildman–Crippen MR) is 109 cm³/mol. The second kappa shape index (κ2) is 8.57. The van der Waals surface area contributed by atoms with Crippen LogP contribution in [0.4, 0.5) is 15.8 Å². The smallest absolute Gasteiger partial charge is 0.239 e. The van der Waals surface area contributed by atoms with E-state index in [1.807, 2.05) is 38.1 Å². The van der Waals surface area contributed by atoms with Crippen molar-refractivity contribution in [1.82, 2.24) is 0 Å². The Morgan fingerprint density at radius 3 is 2.70 bits per heavy atom. The number of carbonyl (C=O) groups is 2. The highest BCUT2D eigenvalue weighted by molar-refractivity contribution is 8.01. The molecular weight excluding hydrogens is 363 g/mol. The van der Waals surface area contributed by atoms with E-state index < -0.39 is 0 Å². The summed E-state index contributed by atoms with van der Waals surface area (Å²) in [6, 6.07) is 12.1. The molecular formula is C21H23FN2O2S. The fourth-order valence-corrected chi connectivity index (χ4v) is 3.86. The van der Waals surface area contributed by atoms with Crippen molar-refractivity contribution in [3.8, 4) is 0 Å². The van der Waals surface area contributed by atoms with Gasteiger partial charge in [0.1, 0.15) is 5.82 Å². The molecule has 4 nitrogen and oxygen atoms in total. The topological polar surface area (TPSA) is 49.4 Å². The first-order valence-electron chi connectivity index (χ1n) is 9.02. The van der Waals surface area contributed by atoms with Gasteiger partial charge in [-0.3, -0.25) is 9.59 Å². The average molecular weight is 386 g/mol. The number of nitrogens with zero attached hydrogens (tertiary/aromatic N) is 1. The van der Waals surface area contributed by atoms with Gasteiger partial charge in [-0.25, -0.2) is 4.39 Å². The van der Waals surface area contributed by atoms with Crippen LogP contribution in [0, 0.1) is 12.7 Å². The fraction of sp³-hybridized carbons (Fsp3) is 0.333. The third-order valence-corrected chi connectivity index (χ3v) is 5.70. The molecule has 1 aliphatic rings. The van der Waals surface area contributed by atoms with Gasteiger partial charge < -0.3 is 10.2 Å². The second-order valence-electron chi connectivity index (χ2n) is 6.73. The Kier molecular flexibility index (Phi) is 6.16. The van der Waals surface area contributed by atoms with Gasteiger partial charge in [-0.05, 0) is 62.6 Å². The highest BCUT2D eigenvalue weighted by Crippen LogP contribution is 2.29. The molecule has 0 saturated carbocycles. The molecule has 2 aromatic rings. The summed E-state index contributed by atoms with van der Waals surface area (Å²) in [6.07, 6.45) is 1.59. The van der Waals surface area contributed by atoms with E-state index >= 15 is 0 Å². The molecule has 2 amide bonds. The van der Waals surface area contributed by atoms with Gasteiger partial charge in [0.15, 0.2) is 0 Å². The van der Waals surface area contributed by atoms with E-state index in [1.54, 1.807) is 11.0 Å². The number of thioether (sulfide) groups is 1. The number of halogens is 1. The molecule has 2 aromatic carbocycles. The summed E-state index contributed by atoms with van der Waals surface area (Å²) in [7, 11) is 0. The van der Waals surface area contributed by atoms with Crippen LogP contribution in [0.25, 0.3) is 0 Å². The Morgan fingerprint density at radius 1 is 1.22 bits per heavy atom. The number of nitrogens with one attached hydrogen (secondary N) is 1. The normalized spacial score (nSPS) is 14.4. The maximum atomic E-state index is 13.4. The van der Waals surface area contributed by atoms with Crippen LogP contribution in [-0.4, -0.2) is 29.4 Å². The van der Waals surface area contributed by atoms with E-state index in [1.165, 1.54) is 23.9 Å². The summed E-state index contributed by atoms with van der Waals surface area (Å²) in [6.45, 7) is 4.42. The molecule has 0 bridgehead atoms. The van der Waals surface area contributed by atoms with E-state index in [0.29, 0.717) is 6.54 Å². The zero-order chi connectivity index (χ0) is 19.4. The van der Waals surface area contributed by atoms with Crippen molar-refractivity contribution in [1.29, 1.82) is 0 Å². The fourth-order valence-electron chi connectivity index (χ4n) is 3.12. The minimum Gasteiger partial charge on any atom is -0.325 e. The van der Waals surface area contributed by atoms with E-state index in [4.69, 9.17) is 0 Å². The molecule has 1 unspecified atom stereocenters. The number of fused-ring (bicyclic) bond motifs is 1. The summed E-state index contributed by atoms with van der Waals surface area (Å²) in [5, 5.41) is 2.48. The number of benzene rings is 2. The Hall–Kier alpha value is -2.34. The molecule has 142 valence electrons. The largest absolute Gasteiger partial charge is 0.325 e. The van der Waals surface area contributed by atoms with Gasteiger partial charge in [0.05, 0.1) is 11.0 Å². The number of hydrogen-bond acceptors (Lipinski definition) is 3. The lowest BCUT2D eigenvalue weighted by molar-refractivity contribution is -0.117. The van der Waals surface area contributed by atoms with Crippen molar-refractivity contribution in [2.24, 2.45) is 0 Å². The molecule has 0 aromatic heterocycles. The minimum absolute atomic E-state index is 0.0457. The highest BCUT2D eigenvalue weighted by atomic mass is 32.2. The molecule has 3 rings (SSSR count). The molecule has 1 aliphatic heterocycles. The average Bonchev–Trinajstić information content (AvgIpc) is 2.66. The molecule has 1 atom stereocenters. The van der Waals surface area contributed by atoms with E-state index in [2.05, 4.69) is 5.32 Å². The van der Waals surface area contributed by atoms with Crippen LogP contribution in [0.2, 0.25) is 0 Å². The minimum atomic E-state index is -0.357. The van der Waals surface area contributed by atoms with Crippen LogP contribution >= 0.6 is 11.8 Å². The van der Waals surface area contributed by atoms with Crippen molar-refractivity contribution < 1.29 is 14.0 Å². The first-order chi connectivity index (χ1) is 12.9. The Balaban J connectivity index is 1.57. The molecule has 0 spiro atoms. The van der Waals surface area contributed by atoms with Crippen LogP contribution in [0.3, 0.4) is 0 Å². The van der Waals surface area contributed by atoms with Crippen LogP contribution < -0.4 is 10.2 Å². The first kappa shape index (κ1) is 19.4. The summed E-state index contributed by atoms with van der Waals surface area (Å²) in [4.78, 5) is 26.7. The maximum absolute atomic E-state index is 13.4. The molecule has 27 heavy (non-hydrogen) atoms. The molecule has 0 aliphatic carbocycles. The van der Waals surface area contributed by atoms with Gasteiger partial charge in [-0.15, -0.1) is 11.8 Å². The third kappa shape index (κ3) is 4.89. The van der Waals surface area contributed by atoms with Gasteiger partial charge in [-0.2, -0.15) is 0 Å². The van der Waals surface area contributed by atoms with Crippen molar-refractivity contribution in [3.63, 3.8) is 0 Å². The van der Waals surface area contributed by atoms with E-state index in [9.17, 15) is 14.0 Å². The standard InChI is InChI=1S/C21H23FN2O2S/c1-14-5-8-18(9-6-14)23-20(25)13-27-15(2)21(26)24-11-3-4-16-12-17(22)7-10-19(16)24/h5-10,12,15H,3-4,11,13H2,1-2H3,(H,23,25). The van der Waals surface area contributed by atoms with Crippen LogP contribution in [0.15, 0.2) is 42.5 Å². The summed E-state index contributed by atoms with van der Waals surface area (Å²) < 4.78 is 13.4. The molecule has 0 saturated heterocycles. The van der Waals surface area contributed by atoms with Crippen LogP contribution in [-0.2, 0) is 16.0 Å². The zero-order valence-electron chi connectivity index (χ0n) is 15.5. The zero-order valence-corrected chi connectivity index (χ0v) is 16.3. The number of hydrogen-bond donors (Lipinski definition) is 1. The lowest BCUT2D eigenvalue weighted by Gasteiger charge is -2.31. The third-order valence-electron chi connectivity index (χ3n) is 4.57. The molecule has 6 heteroatoms. The van der Waals surface area contributed by atoms with Crippen molar-refractivity contribution in [2.45, 2.75) is 31.9 Å². The van der Waals surface area contributed by atoms with E-state index in [0.717, 1.165) is 35.3 Å². The number of aryl methyl sites for hydroxylation is 2. The monoisotopic (exact) mass is 386 g/mol. The van der Waals surface area contributed by atoms with Gasteiger partial charge in [0.2, 0.25) is 11.8 Å². The lowest BCUT2D eigenvalue weighted by Crippen LogP contribution is -2.40. The number of amides is 2. The Morgan fingerprint density at radius 2 is 1.96 bits per heavy atom. The quantitative estimate of drug-likeness (QED) is 0.839. The van der Waals surface area contributed by atoms with Gasteiger partial charge in [0, 0.05) is 17.9 Å². The predicted octanol–water partition coefficient (Wildman–Crippen LogP) is 4.17. The SMILES string of the molecule is Cc1ccc(NC(=O)CSC(C)C(=O)N2CCCc3cc(F)ccc32)cc1. The van der Waals surface area contributed by atoms with Crippen molar-refractivity contribution in [3.05, 3.63) is 59.4 Å². The van der Waals surface area contributed by atoms with Gasteiger partial charge in [-0.1, -0.05) is 17.7 Å². The molecule has 1 heterocycles. The summed E-state index contributed by atoms with van der Waals surface area (Å²) in [5.41, 5.74) is 3.52.